The minimum absolute atomic E-state index is 0.161. The van der Waals surface area contributed by atoms with Crippen LogP contribution in [0.25, 0.3) is 11.1 Å². The van der Waals surface area contributed by atoms with E-state index in [1.165, 1.54) is 12.1 Å². The zero-order chi connectivity index (χ0) is 60.2. The molecule has 9 rings (SSSR count). The summed E-state index contributed by atoms with van der Waals surface area (Å²) in [6, 6.07) is 39.2. The van der Waals surface area contributed by atoms with Gasteiger partial charge < -0.3 is 38.8 Å². The molecule has 0 saturated carbocycles. The van der Waals surface area contributed by atoms with E-state index in [0.29, 0.717) is 57.1 Å². The van der Waals surface area contributed by atoms with Crippen molar-refractivity contribution in [2.24, 2.45) is 0 Å². The van der Waals surface area contributed by atoms with Crippen molar-refractivity contribution in [2.45, 2.75) is 154 Å². The van der Waals surface area contributed by atoms with Crippen molar-refractivity contribution in [3.8, 4) is 11.1 Å². The van der Waals surface area contributed by atoms with E-state index in [0.717, 1.165) is 52.2 Å². The summed E-state index contributed by atoms with van der Waals surface area (Å²) in [6.45, 7) is 14.3. The standard InChI is InChI=1S/C28H38BNO5.C28H30F2N2O4.C6H4BrF2NO/c1-20(21-13-15-23(16-14-21)29-34-26(4,5)27(6,7)35-29)30-18-17-28(33-24(30)31,19-25(2,3)32)22-11-9-8-10-12-22;1-19(20-9-11-21(12-10-20)22-13-14-24(33)32(17-22)25(29)30)31-16-15-28(36-26(31)34,18-27(2,3)35)23-7-5-4-6-8-23;7-4-1-2-5(11)10(3-4)6(8)9/h8-16,20,32H,17-19H2,1-7H3;4-14,17,19,25,35H,15-16,18H2,1-3H3;1-3,6H/t20-,28-;19-,28-;/m00./s1. The van der Waals surface area contributed by atoms with Gasteiger partial charge in [-0.05, 0) is 136 Å². The zero-order valence-corrected chi connectivity index (χ0v) is 49.4. The SMILES string of the molecule is C[C@@H](c1ccc(-c2ccc(=O)n(C(F)F)c2)cc1)N1CC[C@](CC(C)(C)O)(c2ccccc2)OC1=O.C[C@@H](c1ccc(B2OC(C)(C)C(C)(C)O2)cc1)N1CC[C@](CC(C)(C)O)(c2ccccc2)OC1=O.O=c1ccc(Br)cn1C(F)F. The van der Waals surface area contributed by atoms with Crippen molar-refractivity contribution in [1.29, 1.82) is 0 Å². The van der Waals surface area contributed by atoms with Gasteiger partial charge in [0, 0.05) is 67.8 Å². The predicted octanol–water partition coefficient (Wildman–Crippen LogP) is 12.8. The number of ether oxygens (including phenoxy) is 2. The normalized spacial score (nSPS) is 20.5. The maximum Gasteiger partial charge on any atom is 0.494 e. The van der Waals surface area contributed by atoms with Crippen LogP contribution in [0.4, 0.5) is 27.2 Å². The Morgan fingerprint density at radius 2 is 0.927 bits per heavy atom. The van der Waals surface area contributed by atoms with Crippen LogP contribution in [-0.4, -0.2) is 83.9 Å². The lowest BCUT2D eigenvalue weighted by Crippen LogP contribution is -2.51. The summed E-state index contributed by atoms with van der Waals surface area (Å²) < 4.78 is 75.8. The molecule has 6 aromatic rings. The number of hydrogen-bond donors (Lipinski definition) is 2. The van der Waals surface area contributed by atoms with Gasteiger partial charge in [-0.1, -0.05) is 109 Å². The Hall–Kier alpha value is -6.58. The lowest BCUT2D eigenvalue weighted by molar-refractivity contribution is -0.102. The third-order valence-corrected chi connectivity index (χ3v) is 15.9. The van der Waals surface area contributed by atoms with Crippen molar-refractivity contribution >= 4 is 40.7 Å². The van der Waals surface area contributed by atoms with Gasteiger partial charge in [0.2, 0.25) is 0 Å². The fourth-order valence-corrected chi connectivity index (χ4v) is 10.8. The molecule has 14 nitrogen and oxygen atoms in total. The van der Waals surface area contributed by atoms with Crippen molar-refractivity contribution in [2.75, 3.05) is 13.1 Å². The van der Waals surface area contributed by atoms with Crippen LogP contribution in [-0.2, 0) is 30.0 Å². The van der Waals surface area contributed by atoms with Crippen LogP contribution in [0.5, 0.6) is 0 Å². The molecule has 3 fully saturated rings. The second-order valence-electron chi connectivity index (χ2n) is 23.4. The maximum absolute atomic E-state index is 13.3. The molecule has 3 aliphatic rings. The molecule has 0 bridgehead atoms. The van der Waals surface area contributed by atoms with Crippen LogP contribution in [0, 0.1) is 0 Å². The largest absolute Gasteiger partial charge is 0.494 e. The summed E-state index contributed by atoms with van der Waals surface area (Å²) in [5, 5.41) is 21.1. The van der Waals surface area contributed by atoms with Gasteiger partial charge in [-0.15, -0.1) is 0 Å². The highest BCUT2D eigenvalue weighted by molar-refractivity contribution is 9.10. The van der Waals surface area contributed by atoms with Gasteiger partial charge in [-0.25, -0.2) is 9.59 Å². The van der Waals surface area contributed by atoms with Crippen molar-refractivity contribution in [3.63, 3.8) is 0 Å². The lowest BCUT2D eigenvalue weighted by Gasteiger charge is -2.45. The summed E-state index contributed by atoms with van der Waals surface area (Å²) in [4.78, 5) is 52.2. The average molecular weight is 1200 g/mol. The van der Waals surface area contributed by atoms with E-state index in [-0.39, 0.29) is 24.6 Å². The topological polar surface area (TPSA) is 162 Å². The zero-order valence-electron chi connectivity index (χ0n) is 47.8. The Bertz CT molecular complexity index is 3250. The molecule has 0 aliphatic carbocycles. The highest BCUT2D eigenvalue weighted by Crippen LogP contribution is 2.44. The monoisotopic (exact) mass is 1200 g/mol. The van der Waals surface area contributed by atoms with E-state index < -0.39 is 71.0 Å². The van der Waals surface area contributed by atoms with E-state index in [4.69, 9.17) is 18.8 Å². The fourth-order valence-electron chi connectivity index (χ4n) is 10.5. The van der Waals surface area contributed by atoms with Gasteiger partial charge in [0.15, 0.2) is 0 Å². The van der Waals surface area contributed by atoms with Crippen LogP contribution in [0.2, 0.25) is 0 Å². The van der Waals surface area contributed by atoms with Crippen LogP contribution >= 0.6 is 15.9 Å². The number of amides is 2. The van der Waals surface area contributed by atoms with Gasteiger partial charge in [0.1, 0.15) is 11.2 Å². The first-order chi connectivity index (χ1) is 38.3. The molecule has 0 spiro atoms. The average Bonchev–Trinajstić information content (AvgIpc) is 3.75. The molecule has 20 heteroatoms. The molecule has 0 radical (unpaired) electrons. The second kappa shape index (κ2) is 25.1. The Morgan fingerprint density at radius 3 is 1.30 bits per heavy atom. The predicted molar refractivity (Wildman–Crippen MR) is 310 cm³/mol. The highest BCUT2D eigenvalue weighted by Gasteiger charge is 2.52. The molecular formula is C62H72BBrF4N4O10. The molecule has 3 saturated heterocycles. The maximum atomic E-state index is 13.3. The van der Waals surface area contributed by atoms with E-state index in [9.17, 15) is 47.0 Å². The highest BCUT2D eigenvalue weighted by atomic mass is 79.9. The first kappa shape index (κ1) is 63.0. The number of benzene rings is 4. The van der Waals surface area contributed by atoms with Crippen LogP contribution in [0.3, 0.4) is 0 Å². The Labute approximate surface area is 484 Å². The molecule has 438 valence electrons. The molecule has 2 N–H and O–H groups in total. The fraction of sp³-hybridized carbons (Fsp3) is 0.419. The third-order valence-electron chi connectivity index (χ3n) is 15.5. The molecule has 4 atom stereocenters. The van der Waals surface area contributed by atoms with Gasteiger partial charge in [0.25, 0.3) is 11.1 Å². The van der Waals surface area contributed by atoms with Gasteiger partial charge >= 0.3 is 32.4 Å². The summed E-state index contributed by atoms with van der Waals surface area (Å²) in [6.07, 6.45) is 3.08. The summed E-state index contributed by atoms with van der Waals surface area (Å²) >= 11 is 2.97. The number of cyclic esters (lactones) is 2. The Morgan fingerprint density at radius 1 is 0.549 bits per heavy atom. The number of aromatic nitrogens is 2. The number of rotatable bonds is 14. The number of nitrogens with zero attached hydrogens (tertiary/aromatic N) is 4. The third kappa shape index (κ3) is 15.0. The van der Waals surface area contributed by atoms with Crippen molar-refractivity contribution in [1.82, 2.24) is 18.9 Å². The van der Waals surface area contributed by atoms with E-state index in [1.54, 1.807) is 49.6 Å². The first-order valence-corrected chi connectivity index (χ1v) is 27.9. The molecular weight excluding hydrogens is 1130 g/mol. The van der Waals surface area contributed by atoms with E-state index in [2.05, 4.69) is 15.9 Å². The minimum atomic E-state index is -2.92. The summed E-state index contributed by atoms with van der Waals surface area (Å²) in [7, 11) is -0.419. The first-order valence-electron chi connectivity index (χ1n) is 27.1. The minimum Gasteiger partial charge on any atom is -0.438 e. The second-order valence-corrected chi connectivity index (χ2v) is 24.3. The molecule has 3 aliphatic heterocycles. The molecule has 0 unspecified atom stereocenters. The molecule has 5 heterocycles. The molecule has 4 aromatic carbocycles. The number of hydrogen-bond acceptors (Lipinski definition) is 10. The smallest absolute Gasteiger partial charge is 0.438 e. The lowest BCUT2D eigenvalue weighted by atomic mass is 9.78. The van der Waals surface area contributed by atoms with E-state index in [1.807, 2.05) is 139 Å². The molecule has 2 amide bonds. The van der Waals surface area contributed by atoms with Crippen LogP contribution in [0.1, 0.15) is 142 Å². The van der Waals surface area contributed by atoms with Crippen molar-refractivity contribution < 1.29 is 56.1 Å². The molecule has 82 heavy (non-hydrogen) atoms. The van der Waals surface area contributed by atoms with Crippen LogP contribution < -0.4 is 16.6 Å². The number of aliphatic hydroxyl groups is 2. The number of pyridine rings is 2. The summed E-state index contributed by atoms with van der Waals surface area (Å²) in [5.74, 6) is 0. The van der Waals surface area contributed by atoms with Gasteiger partial charge in [-0.3, -0.25) is 18.7 Å². The number of alkyl halides is 4. The number of halogens is 5. The van der Waals surface area contributed by atoms with Crippen molar-refractivity contribution in [3.05, 3.63) is 193 Å². The summed E-state index contributed by atoms with van der Waals surface area (Å²) in [5.41, 5.74) is -0.305. The van der Waals surface area contributed by atoms with E-state index >= 15 is 0 Å². The van der Waals surface area contributed by atoms with Gasteiger partial charge in [0.05, 0.1) is 34.5 Å². The quantitative estimate of drug-likeness (QED) is 0.0793. The number of carbonyl (C=O) groups is 2. The molecule has 2 aromatic heterocycles. The Balaban J connectivity index is 0.000000199. The number of carbonyl (C=O) groups excluding carboxylic acids is 2. The Kier molecular flexibility index (Phi) is 19.3. The van der Waals surface area contributed by atoms with Gasteiger partial charge in [-0.2, -0.15) is 17.6 Å². The van der Waals surface area contributed by atoms with Crippen LogP contribution in [0.15, 0.2) is 160 Å².